The molecule has 0 radical (unpaired) electrons. The summed E-state index contributed by atoms with van der Waals surface area (Å²) in [6.45, 7) is 4.76. The summed E-state index contributed by atoms with van der Waals surface area (Å²) in [6.07, 6.45) is 3.27. The largest absolute Gasteiger partial charge is 0.392 e. The molecule has 1 rings (SSSR count). The first-order valence-corrected chi connectivity index (χ1v) is 4.50. The molecule has 1 aliphatic rings. The van der Waals surface area contributed by atoms with Crippen molar-refractivity contribution in [1.82, 2.24) is 0 Å². The van der Waals surface area contributed by atoms with Crippen LogP contribution < -0.4 is 5.73 Å². The smallest absolute Gasteiger partial charge is 0.0631 e. The van der Waals surface area contributed by atoms with Crippen molar-refractivity contribution in [3.05, 3.63) is 0 Å². The highest BCUT2D eigenvalue weighted by molar-refractivity contribution is 4.95. The lowest BCUT2D eigenvalue weighted by molar-refractivity contribution is -0.0539. The van der Waals surface area contributed by atoms with Crippen LogP contribution in [0, 0.1) is 11.3 Å². The Morgan fingerprint density at radius 2 is 2.00 bits per heavy atom. The second-order valence-corrected chi connectivity index (χ2v) is 4.11. The third kappa shape index (κ3) is 1.42. The number of aliphatic hydroxyl groups is 1. The van der Waals surface area contributed by atoms with E-state index in [1.807, 2.05) is 0 Å². The van der Waals surface area contributed by atoms with E-state index >= 15 is 0 Å². The van der Waals surface area contributed by atoms with Gasteiger partial charge in [0, 0.05) is 12.0 Å². The molecule has 0 saturated heterocycles. The van der Waals surface area contributed by atoms with E-state index in [0.29, 0.717) is 12.5 Å². The Balaban J connectivity index is 2.54. The molecule has 1 unspecified atom stereocenters. The molecule has 3 N–H and O–H groups in total. The summed E-state index contributed by atoms with van der Waals surface area (Å²) in [4.78, 5) is 0. The molecular formula is C9H19NO. The molecule has 0 amide bonds. The second kappa shape index (κ2) is 3.11. The Hall–Kier alpha value is -0.0800. The van der Waals surface area contributed by atoms with Gasteiger partial charge < -0.3 is 10.8 Å². The number of aliphatic hydroxyl groups excluding tert-OH is 1. The van der Waals surface area contributed by atoms with Gasteiger partial charge in [0.25, 0.3) is 0 Å². The molecule has 0 heterocycles. The minimum Gasteiger partial charge on any atom is -0.392 e. The van der Waals surface area contributed by atoms with Gasteiger partial charge in [0.2, 0.25) is 0 Å². The van der Waals surface area contributed by atoms with Crippen molar-refractivity contribution < 1.29 is 5.11 Å². The van der Waals surface area contributed by atoms with Gasteiger partial charge in [-0.15, -0.1) is 0 Å². The molecule has 1 aliphatic carbocycles. The molecule has 0 spiro atoms. The molecule has 0 aromatic carbocycles. The number of hydrogen-bond donors (Lipinski definition) is 2. The Kier molecular flexibility index (Phi) is 2.55. The molecule has 0 aromatic heterocycles. The van der Waals surface area contributed by atoms with Crippen LogP contribution in [0.1, 0.15) is 33.1 Å². The van der Waals surface area contributed by atoms with Crippen molar-refractivity contribution in [2.24, 2.45) is 17.1 Å². The van der Waals surface area contributed by atoms with Gasteiger partial charge in [0.1, 0.15) is 0 Å². The summed E-state index contributed by atoms with van der Waals surface area (Å²) in [7, 11) is 0. The van der Waals surface area contributed by atoms with Gasteiger partial charge in [-0.25, -0.2) is 0 Å². The molecule has 11 heavy (non-hydrogen) atoms. The second-order valence-electron chi connectivity index (χ2n) is 4.11. The van der Waals surface area contributed by atoms with Crippen LogP contribution in [0.15, 0.2) is 0 Å². The van der Waals surface area contributed by atoms with Gasteiger partial charge in [-0.2, -0.15) is 0 Å². The Bertz CT molecular complexity index is 124. The first-order valence-electron chi connectivity index (χ1n) is 4.50. The van der Waals surface area contributed by atoms with Gasteiger partial charge in [-0.3, -0.25) is 0 Å². The average Bonchev–Trinajstić information content (AvgIpc) is 1.86. The highest BCUT2D eigenvalue weighted by atomic mass is 16.3. The van der Waals surface area contributed by atoms with Crippen molar-refractivity contribution >= 4 is 0 Å². The summed E-state index contributed by atoms with van der Waals surface area (Å²) >= 11 is 0. The summed E-state index contributed by atoms with van der Waals surface area (Å²) in [6, 6.07) is 0. The monoisotopic (exact) mass is 157 g/mol. The highest BCUT2D eigenvalue weighted by Crippen LogP contribution is 2.44. The van der Waals surface area contributed by atoms with E-state index in [0.717, 1.165) is 12.8 Å². The highest BCUT2D eigenvalue weighted by Gasteiger charge is 2.43. The maximum Gasteiger partial charge on any atom is 0.0631 e. The zero-order valence-electron chi connectivity index (χ0n) is 7.51. The van der Waals surface area contributed by atoms with Crippen molar-refractivity contribution in [3.63, 3.8) is 0 Å². The lowest BCUT2D eigenvalue weighted by Gasteiger charge is -2.46. The van der Waals surface area contributed by atoms with Gasteiger partial charge in [0.15, 0.2) is 0 Å². The predicted octanol–water partition coefficient (Wildman–Crippen LogP) is 1.13. The summed E-state index contributed by atoms with van der Waals surface area (Å²) in [5.74, 6) is 0.346. The Morgan fingerprint density at radius 1 is 1.45 bits per heavy atom. The van der Waals surface area contributed by atoms with E-state index < -0.39 is 0 Å². The maximum atomic E-state index is 9.82. The van der Waals surface area contributed by atoms with E-state index in [1.165, 1.54) is 6.42 Å². The third-order valence-electron chi connectivity index (χ3n) is 3.01. The maximum absolute atomic E-state index is 9.82. The minimum atomic E-state index is -0.193. The molecule has 1 atom stereocenters. The molecular weight excluding hydrogens is 138 g/mol. The first-order chi connectivity index (χ1) is 5.12. The number of hydrogen-bond acceptors (Lipinski definition) is 2. The van der Waals surface area contributed by atoms with Gasteiger partial charge in [-0.1, -0.05) is 20.3 Å². The Morgan fingerprint density at radius 3 is 2.09 bits per heavy atom. The van der Waals surface area contributed by atoms with Crippen molar-refractivity contribution in [2.45, 2.75) is 39.2 Å². The lowest BCUT2D eigenvalue weighted by atomic mass is 9.63. The zero-order valence-corrected chi connectivity index (χ0v) is 7.51. The van der Waals surface area contributed by atoms with Crippen LogP contribution in [0.25, 0.3) is 0 Å². The SMILES string of the molecule is CC(C)C(O)C1(CN)CCC1. The third-order valence-corrected chi connectivity index (χ3v) is 3.01. The average molecular weight is 157 g/mol. The van der Waals surface area contributed by atoms with E-state index in [4.69, 9.17) is 5.73 Å². The molecule has 2 heteroatoms. The summed E-state index contributed by atoms with van der Waals surface area (Å²) in [5, 5.41) is 9.82. The quantitative estimate of drug-likeness (QED) is 0.645. The van der Waals surface area contributed by atoms with Gasteiger partial charge in [0.05, 0.1) is 6.10 Å². The summed E-state index contributed by atoms with van der Waals surface area (Å²) < 4.78 is 0. The molecule has 1 fully saturated rings. The normalized spacial score (nSPS) is 24.8. The van der Waals surface area contributed by atoms with Crippen LogP contribution in [-0.4, -0.2) is 17.8 Å². The molecule has 0 aromatic rings. The van der Waals surface area contributed by atoms with Crippen LogP contribution in [0.3, 0.4) is 0 Å². The van der Waals surface area contributed by atoms with Crippen LogP contribution >= 0.6 is 0 Å². The van der Waals surface area contributed by atoms with Crippen LogP contribution in [-0.2, 0) is 0 Å². The lowest BCUT2D eigenvalue weighted by Crippen LogP contribution is -2.49. The van der Waals surface area contributed by atoms with Crippen molar-refractivity contribution in [3.8, 4) is 0 Å². The number of nitrogens with two attached hydrogens (primary N) is 1. The fraction of sp³-hybridized carbons (Fsp3) is 1.00. The minimum absolute atomic E-state index is 0.0775. The molecule has 66 valence electrons. The topological polar surface area (TPSA) is 46.2 Å². The van der Waals surface area contributed by atoms with E-state index in [9.17, 15) is 5.11 Å². The van der Waals surface area contributed by atoms with Gasteiger partial charge in [-0.05, 0) is 18.8 Å². The van der Waals surface area contributed by atoms with E-state index in [2.05, 4.69) is 13.8 Å². The molecule has 2 nitrogen and oxygen atoms in total. The predicted molar refractivity (Wildman–Crippen MR) is 46.2 cm³/mol. The molecule has 0 aliphatic heterocycles. The van der Waals surface area contributed by atoms with Crippen LogP contribution in [0.4, 0.5) is 0 Å². The fourth-order valence-corrected chi connectivity index (χ4v) is 1.96. The van der Waals surface area contributed by atoms with Crippen LogP contribution in [0.5, 0.6) is 0 Å². The van der Waals surface area contributed by atoms with Crippen molar-refractivity contribution in [1.29, 1.82) is 0 Å². The van der Waals surface area contributed by atoms with Crippen LogP contribution in [0.2, 0.25) is 0 Å². The van der Waals surface area contributed by atoms with E-state index in [1.54, 1.807) is 0 Å². The van der Waals surface area contributed by atoms with Crippen molar-refractivity contribution in [2.75, 3.05) is 6.54 Å². The summed E-state index contributed by atoms with van der Waals surface area (Å²) in [5.41, 5.74) is 5.73. The molecule has 0 bridgehead atoms. The fourth-order valence-electron chi connectivity index (χ4n) is 1.96. The van der Waals surface area contributed by atoms with E-state index in [-0.39, 0.29) is 11.5 Å². The standard InChI is InChI=1S/C9H19NO/c1-7(2)8(11)9(6-10)4-3-5-9/h7-8,11H,3-6,10H2,1-2H3. The Labute approximate surface area is 68.8 Å². The zero-order chi connectivity index (χ0) is 8.48. The first kappa shape index (κ1) is 9.01. The number of rotatable bonds is 3. The molecule has 1 saturated carbocycles. The van der Waals surface area contributed by atoms with Gasteiger partial charge >= 0.3 is 0 Å².